The molecule has 3 nitrogen and oxygen atoms in total. The van der Waals surface area contributed by atoms with Gasteiger partial charge in [-0.1, -0.05) is 13.8 Å². The van der Waals surface area contributed by atoms with Gasteiger partial charge in [0.05, 0.1) is 6.10 Å². The topological polar surface area (TPSA) is 54.4 Å². The van der Waals surface area contributed by atoms with E-state index < -0.39 is 0 Å². The number of hydrogen-bond donors (Lipinski definition) is 1. The fraction of sp³-hybridized carbons (Fsp3) is 0.895. The van der Waals surface area contributed by atoms with E-state index in [1.165, 1.54) is 0 Å². The Bertz CT molecular complexity index is 527. The maximum atomic E-state index is 12.4. The van der Waals surface area contributed by atoms with E-state index >= 15 is 0 Å². The fourth-order valence-corrected chi connectivity index (χ4v) is 6.92. The minimum Gasteiger partial charge on any atom is -0.393 e. The molecule has 0 bridgehead atoms. The van der Waals surface area contributed by atoms with Crippen LogP contribution in [0.5, 0.6) is 0 Å². The molecule has 7 unspecified atom stereocenters. The van der Waals surface area contributed by atoms with Crippen molar-refractivity contribution in [3.05, 3.63) is 0 Å². The van der Waals surface area contributed by atoms with E-state index in [9.17, 15) is 14.7 Å². The number of Topliss-reactive ketones (excluding diaryl/α,β-unsaturated/α-hetero) is 2. The normalized spacial score (nSPS) is 54.6. The van der Waals surface area contributed by atoms with Crippen molar-refractivity contribution >= 4 is 11.6 Å². The molecular formula is C19H28O3. The van der Waals surface area contributed by atoms with Gasteiger partial charge in [-0.2, -0.15) is 0 Å². The molecule has 0 aromatic rings. The molecule has 122 valence electrons. The summed E-state index contributed by atoms with van der Waals surface area (Å²) in [6.07, 6.45) is 7.50. The third-order valence-electron chi connectivity index (χ3n) is 8.30. The van der Waals surface area contributed by atoms with Gasteiger partial charge >= 0.3 is 0 Å². The second kappa shape index (κ2) is 4.66. The fourth-order valence-electron chi connectivity index (χ4n) is 6.92. The van der Waals surface area contributed by atoms with Crippen molar-refractivity contribution in [1.29, 1.82) is 0 Å². The van der Waals surface area contributed by atoms with Crippen LogP contribution in [0.2, 0.25) is 0 Å². The number of fused-ring (bicyclic) bond motifs is 5. The maximum Gasteiger partial charge on any atom is 0.201 e. The highest BCUT2D eigenvalue weighted by Crippen LogP contribution is 2.65. The molecule has 0 aliphatic heterocycles. The minimum atomic E-state index is -0.140. The van der Waals surface area contributed by atoms with Crippen molar-refractivity contribution in [3.8, 4) is 0 Å². The van der Waals surface area contributed by atoms with Crippen LogP contribution in [0.25, 0.3) is 0 Å². The average Bonchev–Trinajstić information content (AvgIpc) is 2.79. The molecule has 7 atom stereocenters. The van der Waals surface area contributed by atoms with Crippen LogP contribution in [-0.2, 0) is 9.59 Å². The SMILES string of the molecule is CC12CCC3C(CCC4C(=O)C(=O)CCC43C)C1CCC2O. The summed E-state index contributed by atoms with van der Waals surface area (Å²) < 4.78 is 0. The summed E-state index contributed by atoms with van der Waals surface area (Å²) in [5.74, 6) is 1.62. The summed E-state index contributed by atoms with van der Waals surface area (Å²) in [5.41, 5.74) is 0.127. The number of aliphatic hydroxyl groups is 1. The maximum absolute atomic E-state index is 12.4. The average molecular weight is 304 g/mol. The van der Waals surface area contributed by atoms with Gasteiger partial charge in [0.25, 0.3) is 0 Å². The zero-order chi connectivity index (χ0) is 15.7. The van der Waals surface area contributed by atoms with E-state index in [0.717, 1.165) is 44.9 Å². The first kappa shape index (κ1) is 14.9. The van der Waals surface area contributed by atoms with Gasteiger partial charge in [-0.15, -0.1) is 0 Å². The first-order chi connectivity index (χ1) is 10.4. The molecule has 0 radical (unpaired) electrons. The lowest BCUT2D eigenvalue weighted by Crippen LogP contribution is -2.56. The van der Waals surface area contributed by atoms with Crippen molar-refractivity contribution in [3.63, 3.8) is 0 Å². The van der Waals surface area contributed by atoms with Crippen molar-refractivity contribution in [2.24, 2.45) is 34.5 Å². The van der Waals surface area contributed by atoms with Crippen LogP contribution in [0.15, 0.2) is 0 Å². The number of ketones is 2. The first-order valence-corrected chi connectivity index (χ1v) is 9.13. The number of rotatable bonds is 0. The van der Waals surface area contributed by atoms with E-state index in [2.05, 4.69) is 13.8 Å². The molecule has 0 heterocycles. The predicted molar refractivity (Wildman–Crippen MR) is 83.1 cm³/mol. The molecule has 0 aromatic heterocycles. The van der Waals surface area contributed by atoms with E-state index in [1.807, 2.05) is 0 Å². The van der Waals surface area contributed by atoms with E-state index in [-0.39, 0.29) is 34.4 Å². The van der Waals surface area contributed by atoms with Gasteiger partial charge < -0.3 is 5.11 Å². The Kier molecular flexibility index (Phi) is 3.15. The summed E-state index contributed by atoms with van der Waals surface area (Å²) in [4.78, 5) is 24.2. The van der Waals surface area contributed by atoms with Gasteiger partial charge in [0.2, 0.25) is 5.78 Å². The summed E-state index contributed by atoms with van der Waals surface area (Å²) in [6, 6.07) is 0. The molecule has 4 rings (SSSR count). The lowest BCUT2D eigenvalue weighted by molar-refractivity contribution is -0.159. The monoisotopic (exact) mass is 304 g/mol. The zero-order valence-electron chi connectivity index (χ0n) is 13.8. The van der Waals surface area contributed by atoms with Gasteiger partial charge in [0.1, 0.15) is 0 Å². The number of carbonyl (C=O) groups excluding carboxylic acids is 2. The molecule has 0 saturated heterocycles. The van der Waals surface area contributed by atoms with Gasteiger partial charge in [-0.05, 0) is 73.5 Å². The van der Waals surface area contributed by atoms with Crippen LogP contribution in [0.4, 0.5) is 0 Å². The highest BCUT2D eigenvalue weighted by molar-refractivity contribution is 6.38. The molecule has 4 aliphatic carbocycles. The number of hydrogen-bond acceptors (Lipinski definition) is 3. The molecule has 4 fully saturated rings. The Balaban J connectivity index is 1.67. The van der Waals surface area contributed by atoms with Crippen molar-refractivity contribution in [2.45, 2.75) is 71.3 Å². The summed E-state index contributed by atoms with van der Waals surface area (Å²) in [7, 11) is 0. The number of aliphatic hydroxyl groups excluding tert-OH is 1. The third kappa shape index (κ3) is 1.72. The lowest BCUT2D eigenvalue weighted by atomic mass is 9.45. The van der Waals surface area contributed by atoms with Crippen LogP contribution < -0.4 is 0 Å². The molecule has 0 spiro atoms. The van der Waals surface area contributed by atoms with Gasteiger partial charge in [-0.3, -0.25) is 9.59 Å². The Morgan fingerprint density at radius 3 is 2.41 bits per heavy atom. The summed E-state index contributed by atoms with van der Waals surface area (Å²) in [6.45, 7) is 4.57. The van der Waals surface area contributed by atoms with Crippen molar-refractivity contribution in [1.82, 2.24) is 0 Å². The van der Waals surface area contributed by atoms with Crippen LogP contribution in [0, 0.1) is 34.5 Å². The largest absolute Gasteiger partial charge is 0.393 e. The van der Waals surface area contributed by atoms with Gasteiger partial charge in [0, 0.05) is 12.3 Å². The summed E-state index contributed by atoms with van der Waals surface area (Å²) in [5, 5.41) is 10.4. The molecule has 22 heavy (non-hydrogen) atoms. The van der Waals surface area contributed by atoms with Crippen LogP contribution >= 0.6 is 0 Å². The molecule has 4 aliphatic rings. The highest BCUT2D eigenvalue weighted by Gasteiger charge is 2.61. The van der Waals surface area contributed by atoms with E-state index in [4.69, 9.17) is 0 Å². The highest BCUT2D eigenvalue weighted by atomic mass is 16.3. The first-order valence-electron chi connectivity index (χ1n) is 9.13. The molecule has 1 N–H and O–H groups in total. The Labute approximate surface area is 132 Å². The van der Waals surface area contributed by atoms with Gasteiger partial charge in [0.15, 0.2) is 5.78 Å². The van der Waals surface area contributed by atoms with Crippen molar-refractivity contribution in [2.75, 3.05) is 0 Å². The quantitative estimate of drug-likeness (QED) is 0.700. The Hall–Kier alpha value is -0.700. The zero-order valence-corrected chi connectivity index (χ0v) is 13.8. The molecular weight excluding hydrogens is 276 g/mol. The standard InChI is InChI=1S/C19H28O3/c1-18-10-8-15(20)17(22)14(18)4-3-11-12-5-6-16(21)19(12,2)9-7-13(11)18/h11-14,16,21H,3-10H2,1-2H3. The Morgan fingerprint density at radius 1 is 0.909 bits per heavy atom. The van der Waals surface area contributed by atoms with E-state index in [1.54, 1.807) is 0 Å². The molecule has 3 heteroatoms. The molecule has 0 aromatic carbocycles. The second-order valence-corrected chi connectivity index (χ2v) is 8.94. The second-order valence-electron chi connectivity index (χ2n) is 8.94. The summed E-state index contributed by atoms with van der Waals surface area (Å²) >= 11 is 0. The lowest BCUT2D eigenvalue weighted by Gasteiger charge is -2.59. The number of carbonyl (C=O) groups is 2. The van der Waals surface area contributed by atoms with Crippen LogP contribution in [-0.4, -0.2) is 22.8 Å². The van der Waals surface area contributed by atoms with Gasteiger partial charge in [-0.25, -0.2) is 0 Å². The van der Waals surface area contributed by atoms with Crippen LogP contribution in [0.3, 0.4) is 0 Å². The van der Waals surface area contributed by atoms with Crippen molar-refractivity contribution < 1.29 is 14.7 Å². The minimum absolute atomic E-state index is 0.0225. The smallest absolute Gasteiger partial charge is 0.201 e. The Morgan fingerprint density at radius 2 is 1.64 bits per heavy atom. The predicted octanol–water partition coefficient (Wildman–Crippen LogP) is 3.14. The van der Waals surface area contributed by atoms with Crippen LogP contribution in [0.1, 0.15) is 65.2 Å². The molecule has 0 amide bonds. The third-order valence-corrected chi connectivity index (χ3v) is 8.30. The molecule has 4 saturated carbocycles. The van der Waals surface area contributed by atoms with E-state index in [0.29, 0.717) is 24.2 Å².